The van der Waals surface area contributed by atoms with Crippen molar-refractivity contribution in [3.8, 4) is 12.3 Å². The first kappa shape index (κ1) is 14.6. The predicted molar refractivity (Wildman–Crippen MR) is 73.0 cm³/mol. The van der Waals surface area contributed by atoms with Crippen molar-refractivity contribution in [2.75, 3.05) is 11.9 Å². The average molecular weight is 260 g/mol. The van der Waals surface area contributed by atoms with E-state index in [1.54, 1.807) is 19.2 Å². The third-order valence-corrected chi connectivity index (χ3v) is 2.64. The number of nitrogens with zero attached hydrogens (tertiary/aromatic N) is 1. The van der Waals surface area contributed by atoms with Crippen LogP contribution >= 0.6 is 0 Å². The molecule has 0 heterocycles. The normalized spacial score (nSPS) is 11.2. The number of urea groups is 1. The Bertz CT molecular complexity index is 502. The molecule has 0 aromatic heterocycles. The third kappa shape index (κ3) is 4.03. The lowest BCUT2D eigenvalue weighted by molar-refractivity contribution is -0.139. The molecule has 5 heteroatoms. The number of terminal acetylenes is 1. The number of aliphatic carboxylic acids is 1. The van der Waals surface area contributed by atoms with Crippen LogP contribution in [0.25, 0.3) is 0 Å². The number of benzene rings is 1. The highest BCUT2D eigenvalue weighted by molar-refractivity contribution is 5.94. The first-order chi connectivity index (χ1) is 8.95. The Morgan fingerprint density at radius 3 is 2.47 bits per heavy atom. The molecule has 1 aromatic rings. The van der Waals surface area contributed by atoms with Crippen molar-refractivity contribution >= 4 is 17.7 Å². The second kappa shape index (κ2) is 6.45. The second-order valence-electron chi connectivity index (χ2n) is 4.14. The molecule has 0 saturated carbocycles. The fourth-order valence-electron chi connectivity index (χ4n) is 1.45. The summed E-state index contributed by atoms with van der Waals surface area (Å²) < 4.78 is 0. The molecule has 100 valence electrons. The Labute approximate surface area is 112 Å². The Kier molecular flexibility index (Phi) is 4.95. The number of hydrogen-bond donors (Lipinski definition) is 2. The predicted octanol–water partition coefficient (Wildman–Crippen LogP) is 1.62. The third-order valence-electron chi connectivity index (χ3n) is 2.64. The molecule has 2 amide bonds. The van der Waals surface area contributed by atoms with Gasteiger partial charge in [-0.15, -0.1) is 12.3 Å². The molecule has 5 nitrogen and oxygen atoms in total. The first-order valence-corrected chi connectivity index (χ1v) is 5.73. The van der Waals surface area contributed by atoms with E-state index < -0.39 is 18.0 Å². The molecule has 0 aliphatic carbocycles. The van der Waals surface area contributed by atoms with Gasteiger partial charge in [0, 0.05) is 19.2 Å². The summed E-state index contributed by atoms with van der Waals surface area (Å²) in [6, 6.07) is 5.72. The SMILES string of the molecule is C#CCC(NC(=O)N(C)c1ccc(C)cc1)C(=O)O. The van der Waals surface area contributed by atoms with Gasteiger partial charge in [0.1, 0.15) is 6.04 Å². The molecule has 1 rings (SSSR count). The minimum Gasteiger partial charge on any atom is -0.480 e. The molecule has 2 N–H and O–H groups in total. The highest BCUT2D eigenvalue weighted by Gasteiger charge is 2.21. The number of nitrogens with one attached hydrogen (secondary N) is 1. The van der Waals surface area contributed by atoms with E-state index in [0.717, 1.165) is 5.56 Å². The number of hydrogen-bond acceptors (Lipinski definition) is 2. The zero-order valence-corrected chi connectivity index (χ0v) is 10.9. The molecular weight excluding hydrogens is 244 g/mol. The smallest absolute Gasteiger partial charge is 0.327 e. The highest BCUT2D eigenvalue weighted by atomic mass is 16.4. The zero-order valence-electron chi connectivity index (χ0n) is 10.9. The number of carbonyl (C=O) groups is 2. The Hall–Kier alpha value is -2.48. The summed E-state index contributed by atoms with van der Waals surface area (Å²) in [6.07, 6.45) is 5.02. The van der Waals surface area contributed by atoms with Gasteiger partial charge in [-0.3, -0.25) is 4.90 Å². The largest absolute Gasteiger partial charge is 0.480 e. The van der Waals surface area contributed by atoms with Crippen LogP contribution in [0.3, 0.4) is 0 Å². The minimum absolute atomic E-state index is 0.0528. The fourth-order valence-corrected chi connectivity index (χ4v) is 1.45. The molecule has 1 unspecified atom stereocenters. The van der Waals surface area contributed by atoms with Gasteiger partial charge in [-0.1, -0.05) is 17.7 Å². The quantitative estimate of drug-likeness (QED) is 0.808. The molecule has 19 heavy (non-hydrogen) atoms. The van der Waals surface area contributed by atoms with Gasteiger partial charge < -0.3 is 10.4 Å². The molecule has 1 atom stereocenters. The monoisotopic (exact) mass is 260 g/mol. The lowest BCUT2D eigenvalue weighted by Gasteiger charge is -2.20. The Morgan fingerprint density at radius 2 is 2.00 bits per heavy atom. The van der Waals surface area contributed by atoms with Crippen LogP contribution in [0.15, 0.2) is 24.3 Å². The first-order valence-electron chi connectivity index (χ1n) is 5.73. The van der Waals surface area contributed by atoms with Crippen molar-refractivity contribution in [2.45, 2.75) is 19.4 Å². The number of carboxylic acid groups (broad SMARTS) is 1. The van der Waals surface area contributed by atoms with E-state index in [0.29, 0.717) is 5.69 Å². The second-order valence-corrected chi connectivity index (χ2v) is 4.14. The van der Waals surface area contributed by atoms with Crippen LogP contribution in [-0.2, 0) is 4.79 Å². The van der Waals surface area contributed by atoms with E-state index in [2.05, 4.69) is 11.2 Å². The van der Waals surface area contributed by atoms with Crippen LogP contribution in [-0.4, -0.2) is 30.2 Å². The number of anilines is 1. The summed E-state index contributed by atoms with van der Waals surface area (Å²) in [6.45, 7) is 1.94. The van der Waals surface area contributed by atoms with Crippen LogP contribution < -0.4 is 10.2 Å². The van der Waals surface area contributed by atoms with Gasteiger partial charge in [-0.25, -0.2) is 9.59 Å². The van der Waals surface area contributed by atoms with E-state index in [1.165, 1.54) is 4.90 Å². The topological polar surface area (TPSA) is 69.6 Å². The van der Waals surface area contributed by atoms with Gasteiger partial charge in [-0.05, 0) is 19.1 Å². The lowest BCUT2D eigenvalue weighted by atomic mass is 10.2. The van der Waals surface area contributed by atoms with Crippen molar-refractivity contribution in [3.05, 3.63) is 29.8 Å². The molecule has 0 aliphatic heterocycles. The average Bonchev–Trinajstić information content (AvgIpc) is 2.38. The fraction of sp³-hybridized carbons (Fsp3) is 0.286. The molecule has 0 radical (unpaired) electrons. The van der Waals surface area contributed by atoms with Crippen molar-refractivity contribution < 1.29 is 14.7 Å². The summed E-state index contributed by atoms with van der Waals surface area (Å²) in [4.78, 5) is 24.1. The van der Waals surface area contributed by atoms with Gasteiger partial charge in [0.15, 0.2) is 0 Å². The summed E-state index contributed by atoms with van der Waals surface area (Å²) in [5.41, 5.74) is 1.75. The van der Waals surface area contributed by atoms with Crippen molar-refractivity contribution in [2.24, 2.45) is 0 Å². The number of aryl methyl sites for hydroxylation is 1. The van der Waals surface area contributed by atoms with Gasteiger partial charge in [0.05, 0.1) is 0 Å². The Balaban J connectivity index is 2.74. The van der Waals surface area contributed by atoms with Crippen LogP contribution in [0.4, 0.5) is 10.5 Å². The van der Waals surface area contributed by atoms with Gasteiger partial charge in [0.25, 0.3) is 0 Å². The summed E-state index contributed by atoms with van der Waals surface area (Å²) in [7, 11) is 1.56. The minimum atomic E-state index is -1.15. The lowest BCUT2D eigenvalue weighted by Crippen LogP contribution is -2.46. The van der Waals surface area contributed by atoms with Crippen LogP contribution in [0.2, 0.25) is 0 Å². The highest BCUT2D eigenvalue weighted by Crippen LogP contribution is 2.13. The van der Waals surface area contributed by atoms with Gasteiger partial charge in [0.2, 0.25) is 0 Å². The molecule has 0 fully saturated rings. The maximum atomic E-state index is 11.9. The standard InChI is InChI=1S/C14H16N2O3/c1-4-5-12(13(17)18)15-14(19)16(3)11-8-6-10(2)7-9-11/h1,6-9,12H,5H2,2-3H3,(H,15,19)(H,17,18). The van der Waals surface area contributed by atoms with E-state index in [4.69, 9.17) is 11.5 Å². The molecule has 1 aromatic carbocycles. The number of amides is 2. The van der Waals surface area contributed by atoms with Crippen LogP contribution in [0.5, 0.6) is 0 Å². The molecular formula is C14H16N2O3. The Morgan fingerprint density at radius 1 is 1.42 bits per heavy atom. The van der Waals surface area contributed by atoms with Crippen molar-refractivity contribution in [1.82, 2.24) is 5.32 Å². The van der Waals surface area contributed by atoms with Crippen molar-refractivity contribution in [1.29, 1.82) is 0 Å². The molecule has 0 bridgehead atoms. The number of rotatable bonds is 4. The maximum absolute atomic E-state index is 11.9. The molecule has 0 saturated heterocycles. The van der Waals surface area contributed by atoms with Crippen molar-refractivity contribution in [3.63, 3.8) is 0 Å². The van der Waals surface area contributed by atoms with E-state index in [1.807, 2.05) is 19.1 Å². The zero-order chi connectivity index (χ0) is 14.4. The summed E-state index contributed by atoms with van der Waals surface area (Å²) in [5, 5.41) is 11.3. The van der Waals surface area contributed by atoms with Crippen LogP contribution in [0.1, 0.15) is 12.0 Å². The van der Waals surface area contributed by atoms with Gasteiger partial charge in [-0.2, -0.15) is 0 Å². The van der Waals surface area contributed by atoms with Gasteiger partial charge >= 0.3 is 12.0 Å². The number of carboxylic acids is 1. The van der Waals surface area contributed by atoms with E-state index in [-0.39, 0.29) is 6.42 Å². The van der Waals surface area contributed by atoms with E-state index in [9.17, 15) is 9.59 Å². The number of carbonyl (C=O) groups excluding carboxylic acids is 1. The molecule has 0 spiro atoms. The van der Waals surface area contributed by atoms with Crippen LogP contribution in [0, 0.1) is 19.3 Å². The summed E-state index contributed by atoms with van der Waals surface area (Å²) in [5.74, 6) is 1.08. The summed E-state index contributed by atoms with van der Waals surface area (Å²) >= 11 is 0. The van der Waals surface area contributed by atoms with E-state index >= 15 is 0 Å². The maximum Gasteiger partial charge on any atom is 0.327 e. The molecule has 0 aliphatic rings.